The second-order valence-electron chi connectivity index (χ2n) is 5.22. The molecule has 0 aliphatic heterocycles. The zero-order chi connectivity index (χ0) is 15.8. The third-order valence-electron chi connectivity index (χ3n) is 3.48. The molecule has 1 nitrogen and oxygen atoms in total. The van der Waals surface area contributed by atoms with Gasteiger partial charge in [-0.1, -0.05) is 54.9 Å². The average Bonchev–Trinajstić information content (AvgIpc) is 2.53. The molecule has 0 N–H and O–H groups in total. The molecule has 3 heteroatoms. The maximum Gasteiger partial charge on any atom is 0.137 e. The van der Waals surface area contributed by atoms with Crippen LogP contribution in [0.25, 0.3) is 11.1 Å². The SMILES string of the molecule is CCSCCCC(=O)Cc1ccc(-c2ccc(Cl)cc2)cc1. The van der Waals surface area contributed by atoms with E-state index in [1.54, 1.807) is 0 Å². The van der Waals surface area contributed by atoms with Crippen LogP contribution in [-0.4, -0.2) is 17.3 Å². The minimum Gasteiger partial charge on any atom is -0.299 e. The Labute approximate surface area is 142 Å². The number of hydrogen-bond donors (Lipinski definition) is 0. The predicted molar refractivity (Wildman–Crippen MR) is 97.8 cm³/mol. The summed E-state index contributed by atoms with van der Waals surface area (Å²) in [6.07, 6.45) is 2.21. The highest BCUT2D eigenvalue weighted by atomic mass is 35.5. The Bertz CT molecular complexity index is 590. The smallest absolute Gasteiger partial charge is 0.137 e. The molecular weight excluding hydrogens is 312 g/mol. The van der Waals surface area contributed by atoms with E-state index < -0.39 is 0 Å². The van der Waals surface area contributed by atoms with Gasteiger partial charge in [-0.25, -0.2) is 0 Å². The van der Waals surface area contributed by atoms with Crippen LogP contribution in [0.5, 0.6) is 0 Å². The summed E-state index contributed by atoms with van der Waals surface area (Å²) < 4.78 is 0. The van der Waals surface area contributed by atoms with E-state index in [4.69, 9.17) is 11.6 Å². The Morgan fingerprint density at radius 1 is 1.00 bits per heavy atom. The van der Waals surface area contributed by atoms with Crippen molar-refractivity contribution in [3.05, 3.63) is 59.1 Å². The van der Waals surface area contributed by atoms with E-state index in [1.807, 2.05) is 48.2 Å². The van der Waals surface area contributed by atoms with Gasteiger partial charge in [-0.15, -0.1) is 0 Å². The molecule has 0 saturated heterocycles. The summed E-state index contributed by atoms with van der Waals surface area (Å²) in [4.78, 5) is 11.9. The van der Waals surface area contributed by atoms with Gasteiger partial charge in [-0.3, -0.25) is 4.79 Å². The van der Waals surface area contributed by atoms with Crippen molar-refractivity contribution in [1.29, 1.82) is 0 Å². The van der Waals surface area contributed by atoms with Crippen LogP contribution >= 0.6 is 23.4 Å². The van der Waals surface area contributed by atoms with Crippen LogP contribution in [0.2, 0.25) is 5.02 Å². The topological polar surface area (TPSA) is 17.1 Å². The van der Waals surface area contributed by atoms with Crippen molar-refractivity contribution in [2.24, 2.45) is 0 Å². The van der Waals surface area contributed by atoms with E-state index in [1.165, 1.54) is 0 Å². The summed E-state index contributed by atoms with van der Waals surface area (Å²) in [6.45, 7) is 2.15. The largest absolute Gasteiger partial charge is 0.299 e. The average molecular weight is 333 g/mol. The second-order valence-corrected chi connectivity index (χ2v) is 7.05. The molecule has 0 aromatic heterocycles. The highest BCUT2D eigenvalue weighted by molar-refractivity contribution is 7.99. The lowest BCUT2D eigenvalue weighted by Gasteiger charge is -2.05. The molecular formula is C19H21ClOS. The number of hydrogen-bond acceptors (Lipinski definition) is 2. The summed E-state index contributed by atoms with van der Waals surface area (Å²) in [6, 6.07) is 16.0. The van der Waals surface area contributed by atoms with Crippen molar-refractivity contribution in [3.8, 4) is 11.1 Å². The third-order valence-corrected chi connectivity index (χ3v) is 4.72. The fraction of sp³-hybridized carbons (Fsp3) is 0.316. The number of carbonyl (C=O) groups excluding carboxylic acids is 1. The van der Waals surface area contributed by atoms with Gasteiger partial charge < -0.3 is 0 Å². The van der Waals surface area contributed by atoms with Crippen LogP contribution in [0.1, 0.15) is 25.3 Å². The normalized spacial score (nSPS) is 10.6. The minimum atomic E-state index is 0.330. The van der Waals surface area contributed by atoms with Crippen LogP contribution in [-0.2, 0) is 11.2 Å². The fourth-order valence-electron chi connectivity index (χ4n) is 2.29. The summed E-state index contributed by atoms with van der Waals surface area (Å²) >= 11 is 7.80. The highest BCUT2D eigenvalue weighted by Crippen LogP contribution is 2.22. The number of Topliss-reactive ketones (excluding diaryl/α,β-unsaturated/α-hetero) is 1. The van der Waals surface area contributed by atoms with Gasteiger partial charge in [-0.2, -0.15) is 11.8 Å². The number of halogens is 1. The van der Waals surface area contributed by atoms with Crippen molar-refractivity contribution in [2.45, 2.75) is 26.2 Å². The molecule has 2 aromatic rings. The van der Waals surface area contributed by atoms with Crippen molar-refractivity contribution in [1.82, 2.24) is 0 Å². The molecule has 0 saturated carbocycles. The molecule has 0 atom stereocenters. The van der Waals surface area contributed by atoms with Crippen molar-refractivity contribution in [2.75, 3.05) is 11.5 Å². The lowest BCUT2D eigenvalue weighted by atomic mass is 10.0. The summed E-state index contributed by atoms with van der Waals surface area (Å²) in [7, 11) is 0. The molecule has 0 radical (unpaired) electrons. The van der Waals surface area contributed by atoms with Gasteiger partial charge in [0.2, 0.25) is 0 Å². The second kappa shape index (κ2) is 9.02. The predicted octanol–water partition coefficient (Wildman–Crippen LogP) is 5.65. The van der Waals surface area contributed by atoms with Crippen LogP contribution in [0.4, 0.5) is 0 Å². The molecule has 2 aromatic carbocycles. The van der Waals surface area contributed by atoms with Crippen molar-refractivity contribution in [3.63, 3.8) is 0 Å². The molecule has 2 rings (SSSR count). The molecule has 0 amide bonds. The van der Waals surface area contributed by atoms with Gasteiger partial charge >= 0.3 is 0 Å². The van der Waals surface area contributed by atoms with E-state index in [0.717, 1.165) is 39.6 Å². The number of thioether (sulfide) groups is 1. The number of ketones is 1. The maximum absolute atomic E-state index is 11.9. The summed E-state index contributed by atoms with van der Waals surface area (Å²) in [5.41, 5.74) is 3.37. The molecule has 0 aliphatic carbocycles. The van der Waals surface area contributed by atoms with Crippen molar-refractivity contribution >= 4 is 29.1 Å². The van der Waals surface area contributed by atoms with Crippen molar-refractivity contribution < 1.29 is 4.79 Å². The Balaban J connectivity index is 1.89. The molecule has 0 spiro atoms. The molecule has 0 bridgehead atoms. The van der Waals surface area contributed by atoms with Crippen LogP contribution < -0.4 is 0 Å². The monoisotopic (exact) mass is 332 g/mol. The zero-order valence-electron chi connectivity index (χ0n) is 12.8. The van der Waals surface area contributed by atoms with Gasteiger partial charge in [0.05, 0.1) is 0 Å². The van der Waals surface area contributed by atoms with Gasteiger partial charge in [0.25, 0.3) is 0 Å². The minimum absolute atomic E-state index is 0.330. The first-order valence-corrected chi connectivity index (χ1v) is 9.16. The Hall–Kier alpha value is -1.25. The first-order valence-electron chi connectivity index (χ1n) is 7.63. The van der Waals surface area contributed by atoms with Crippen LogP contribution in [0.15, 0.2) is 48.5 Å². The fourth-order valence-corrected chi connectivity index (χ4v) is 3.05. The standard InChI is InChI=1S/C19H21ClOS/c1-2-22-13-3-4-19(21)14-15-5-7-16(8-6-15)17-9-11-18(20)12-10-17/h5-12H,2-4,13-14H2,1H3. The number of carbonyl (C=O) groups is 1. The Kier molecular flexibility index (Phi) is 7.01. The lowest BCUT2D eigenvalue weighted by molar-refractivity contribution is -0.118. The Morgan fingerprint density at radius 3 is 2.18 bits per heavy atom. The highest BCUT2D eigenvalue weighted by Gasteiger charge is 2.04. The van der Waals surface area contributed by atoms with E-state index >= 15 is 0 Å². The molecule has 0 aliphatic rings. The van der Waals surface area contributed by atoms with Gasteiger partial charge in [0, 0.05) is 17.9 Å². The Morgan fingerprint density at radius 2 is 1.59 bits per heavy atom. The molecule has 0 heterocycles. The van der Waals surface area contributed by atoms with E-state index in [2.05, 4.69) is 19.1 Å². The lowest BCUT2D eigenvalue weighted by Crippen LogP contribution is -2.03. The molecule has 116 valence electrons. The van der Waals surface area contributed by atoms with Gasteiger partial charge in [0.1, 0.15) is 5.78 Å². The van der Waals surface area contributed by atoms with Gasteiger partial charge in [0.15, 0.2) is 0 Å². The third kappa shape index (κ3) is 5.51. The van der Waals surface area contributed by atoms with E-state index in [-0.39, 0.29) is 0 Å². The zero-order valence-corrected chi connectivity index (χ0v) is 14.4. The van der Waals surface area contributed by atoms with E-state index in [0.29, 0.717) is 18.6 Å². The van der Waals surface area contributed by atoms with Gasteiger partial charge in [-0.05, 0) is 46.7 Å². The van der Waals surface area contributed by atoms with Crippen LogP contribution in [0, 0.1) is 0 Å². The first kappa shape index (κ1) is 17.1. The summed E-state index contributed by atoms with van der Waals surface area (Å²) in [5, 5.41) is 0.743. The molecule has 22 heavy (non-hydrogen) atoms. The first-order chi connectivity index (χ1) is 10.7. The van der Waals surface area contributed by atoms with E-state index in [9.17, 15) is 4.79 Å². The number of rotatable bonds is 8. The maximum atomic E-state index is 11.9. The molecule has 0 unspecified atom stereocenters. The van der Waals surface area contributed by atoms with Crippen LogP contribution in [0.3, 0.4) is 0 Å². The summed E-state index contributed by atoms with van der Waals surface area (Å²) in [5.74, 6) is 2.54. The number of benzene rings is 2. The molecule has 0 fully saturated rings. The quantitative estimate of drug-likeness (QED) is 0.581.